The molecule has 0 bridgehead atoms. The number of ketones is 1. The Morgan fingerprint density at radius 1 is 0.794 bits per heavy atom. The monoisotopic (exact) mass is 528 g/mol. The maximum atomic E-state index is 13.8. The molecule has 3 aromatic carbocycles. The lowest BCUT2D eigenvalue weighted by atomic mass is 10.1. The van der Waals surface area contributed by atoms with Crippen molar-refractivity contribution in [2.45, 2.75) is 16.7 Å². The minimum Gasteiger partial charge on any atom is -0.295 e. The summed E-state index contributed by atoms with van der Waals surface area (Å²) in [5.41, 5.74) is 1.16. The summed E-state index contributed by atoms with van der Waals surface area (Å²) in [6.07, 6.45) is 2.11. The number of para-hydroxylation sites is 1. The molecule has 3 aromatic rings. The second kappa shape index (κ2) is 11.4. The maximum absolute atomic E-state index is 13.8. The summed E-state index contributed by atoms with van der Waals surface area (Å²) in [4.78, 5) is 11.9. The Morgan fingerprint density at radius 3 is 1.94 bits per heavy atom. The quantitative estimate of drug-likeness (QED) is 0.429. The Labute approximate surface area is 201 Å². The van der Waals surface area contributed by atoms with Crippen LogP contribution in [0, 0.1) is 11.6 Å². The van der Waals surface area contributed by atoms with Crippen molar-refractivity contribution in [3.05, 3.63) is 83.9 Å². The summed E-state index contributed by atoms with van der Waals surface area (Å²) in [6, 6.07) is 16.2. The topological polar surface area (TPSA) is 109 Å². The van der Waals surface area contributed by atoms with Crippen molar-refractivity contribution >= 4 is 49.0 Å². The molecule has 0 saturated heterocycles. The van der Waals surface area contributed by atoms with Crippen LogP contribution in [0.3, 0.4) is 0 Å². The molecule has 3 rings (SSSR count). The first-order valence-electron chi connectivity index (χ1n) is 9.52. The zero-order valence-electron chi connectivity index (χ0n) is 18.4. The standard InChI is InChI=1S/C15H13F2NO3S2.C7H9NO2S/c1-9(19)10-3-5-13(18-23(2,20)21)15(7-10)22-14-6-4-11(16)8-12(14)17;1-11(9,10)8-7-5-3-2-4-6-7/h3-8,18H,1-2H3;2-6,8H,1H3. The molecule has 0 aromatic heterocycles. The van der Waals surface area contributed by atoms with E-state index in [1.54, 1.807) is 24.3 Å². The van der Waals surface area contributed by atoms with E-state index in [1.807, 2.05) is 6.07 Å². The third-order valence-corrected chi connectivity index (χ3v) is 6.18. The third-order valence-electron chi connectivity index (χ3n) is 3.87. The molecule has 0 aliphatic heterocycles. The molecule has 0 aliphatic carbocycles. The van der Waals surface area contributed by atoms with E-state index in [9.17, 15) is 30.4 Å². The van der Waals surface area contributed by atoms with Gasteiger partial charge in [0.05, 0.1) is 18.2 Å². The number of carbonyl (C=O) groups is 1. The van der Waals surface area contributed by atoms with E-state index in [1.165, 1.54) is 31.2 Å². The number of halogens is 2. The minimum atomic E-state index is -3.54. The first kappa shape index (κ1) is 27.3. The van der Waals surface area contributed by atoms with Crippen molar-refractivity contribution in [2.24, 2.45) is 0 Å². The summed E-state index contributed by atoms with van der Waals surface area (Å²) < 4.78 is 75.7. The zero-order valence-corrected chi connectivity index (χ0v) is 20.8. The van der Waals surface area contributed by atoms with Crippen molar-refractivity contribution in [3.63, 3.8) is 0 Å². The second-order valence-electron chi connectivity index (χ2n) is 7.06. The Balaban J connectivity index is 0.000000310. The molecule has 2 N–H and O–H groups in total. The lowest BCUT2D eigenvalue weighted by molar-refractivity contribution is 0.101. The number of sulfonamides is 2. The number of nitrogens with one attached hydrogen (secondary N) is 2. The van der Waals surface area contributed by atoms with Crippen LogP contribution in [0.15, 0.2) is 76.5 Å². The van der Waals surface area contributed by atoms with Gasteiger partial charge in [0.25, 0.3) is 0 Å². The Morgan fingerprint density at radius 2 is 1.41 bits per heavy atom. The number of anilines is 2. The largest absolute Gasteiger partial charge is 0.295 e. The predicted octanol–water partition coefficient (Wildman–Crippen LogP) is 4.75. The number of benzene rings is 3. The van der Waals surface area contributed by atoms with Crippen molar-refractivity contribution in [1.29, 1.82) is 0 Å². The van der Waals surface area contributed by atoms with Crippen LogP contribution in [0.5, 0.6) is 0 Å². The Hall–Kier alpha value is -2.96. The summed E-state index contributed by atoms with van der Waals surface area (Å²) in [6.45, 7) is 1.37. The van der Waals surface area contributed by atoms with Gasteiger partial charge in [-0.1, -0.05) is 30.0 Å². The molecule has 0 unspecified atom stereocenters. The summed E-state index contributed by atoms with van der Waals surface area (Å²) in [7, 11) is -6.67. The predicted molar refractivity (Wildman–Crippen MR) is 130 cm³/mol. The van der Waals surface area contributed by atoms with Gasteiger partial charge in [-0.25, -0.2) is 25.6 Å². The highest BCUT2D eigenvalue weighted by Crippen LogP contribution is 2.36. The number of carbonyl (C=O) groups excluding carboxylic acids is 1. The Kier molecular flexibility index (Phi) is 9.19. The molecule has 0 amide bonds. The van der Waals surface area contributed by atoms with Gasteiger partial charge in [-0.2, -0.15) is 0 Å². The fourth-order valence-electron chi connectivity index (χ4n) is 2.51. The van der Waals surface area contributed by atoms with E-state index in [2.05, 4.69) is 9.44 Å². The second-order valence-corrected chi connectivity index (χ2v) is 11.6. The fourth-order valence-corrected chi connectivity index (χ4v) is 4.66. The molecule has 0 fully saturated rings. The van der Waals surface area contributed by atoms with Crippen LogP contribution >= 0.6 is 11.8 Å². The van der Waals surface area contributed by atoms with E-state index in [-0.39, 0.29) is 16.4 Å². The first-order chi connectivity index (χ1) is 15.7. The van der Waals surface area contributed by atoms with Gasteiger partial charge in [-0.3, -0.25) is 14.2 Å². The van der Waals surface area contributed by atoms with Crippen LogP contribution in [-0.2, 0) is 20.0 Å². The smallest absolute Gasteiger partial charge is 0.229 e. The lowest BCUT2D eigenvalue weighted by Gasteiger charge is -2.12. The molecular formula is C22H22F2N2O5S3. The molecule has 0 atom stereocenters. The Bertz CT molecular complexity index is 1380. The number of hydrogen-bond acceptors (Lipinski definition) is 6. The van der Waals surface area contributed by atoms with E-state index in [0.717, 1.165) is 36.4 Å². The molecule has 0 radical (unpaired) electrons. The van der Waals surface area contributed by atoms with Crippen molar-refractivity contribution in [1.82, 2.24) is 0 Å². The number of rotatable bonds is 7. The average Bonchev–Trinajstić information content (AvgIpc) is 2.70. The average molecular weight is 529 g/mol. The van der Waals surface area contributed by atoms with E-state index < -0.39 is 31.7 Å². The van der Waals surface area contributed by atoms with Gasteiger partial charge in [-0.15, -0.1) is 0 Å². The van der Waals surface area contributed by atoms with Crippen molar-refractivity contribution < 1.29 is 30.4 Å². The molecule has 0 aliphatic rings. The highest BCUT2D eigenvalue weighted by molar-refractivity contribution is 7.99. The molecule has 12 heteroatoms. The molecule has 0 saturated carbocycles. The molecular weight excluding hydrogens is 506 g/mol. The SMILES string of the molecule is CC(=O)c1ccc(NS(C)(=O)=O)c(Sc2ccc(F)cc2F)c1.CS(=O)(=O)Nc1ccccc1. The molecule has 34 heavy (non-hydrogen) atoms. The van der Waals surface area contributed by atoms with Gasteiger partial charge in [0, 0.05) is 27.1 Å². The highest BCUT2D eigenvalue weighted by Gasteiger charge is 2.14. The van der Waals surface area contributed by atoms with Crippen LogP contribution in [0.2, 0.25) is 0 Å². The van der Waals surface area contributed by atoms with Crippen LogP contribution in [0.1, 0.15) is 17.3 Å². The van der Waals surface area contributed by atoms with Crippen molar-refractivity contribution in [2.75, 3.05) is 22.0 Å². The highest BCUT2D eigenvalue weighted by atomic mass is 32.2. The van der Waals surface area contributed by atoms with Crippen LogP contribution < -0.4 is 9.44 Å². The zero-order chi connectivity index (χ0) is 25.5. The van der Waals surface area contributed by atoms with E-state index >= 15 is 0 Å². The van der Waals surface area contributed by atoms with Gasteiger partial charge in [-0.05, 0) is 49.4 Å². The van der Waals surface area contributed by atoms with E-state index in [0.29, 0.717) is 16.1 Å². The van der Waals surface area contributed by atoms with Crippen LogP contribution in [0.4, 0.5) is 20.2 Å². The maximum Gasteiger partial charge on any atom is 0.229 e. The first-order valence-corrected chi connectivity index (χ1v) is 14.1. The molecule has 7 nitrogen and oxygen atoms in total. The summed E-state index contributed by atoms with van der Waals surface area (Å²) >= 11 is 0.901. The van der Waals surface area contributed by atoms with Crippen LogP contribution in [-0.4, -0.2) is 35.1 Å². The van der Waals surface area contributed by atoms with Gasteiger partial charge in [0.2, 0.25) is 20.0 Å². The normalized spacial score (nSPS) is 11.2. The van der Waals surface area contributed by atoms with Crippen LogP contribution in [0.25, 0.3) is 0 Å². The summed E-state index contributed by atoms with van der Waals surface area (Å²) in [5, 5.41) is 0. The third kappa shape index (κ3) is 9.49. The number of Topliss-reactive ketones (excluding diaryl/α,β-unsaturated/α-hetero) is 1. The van der Waals surface area contributed by atoms with Gasteiger partial charge in [0.15, 0.2) is 5.78 Å². The van der Waals surface area contributed by atoms with Gasteiger partial charge >= 0.3 is 0 Å². The van der Waals surface area contributed by atoms with E-state index in [4.69, 9.17) is 0 Å². The van der Waals surface area contributed by atoms with Gasteiger partial charge in [0.1, 0.15) is 11.6 Å². The van der Waals surface area contributed by atoms with Gasteiger partial charge < -0.3 is 0 Å². The number of hydrogen-bond donors (Lipinski definition) is 2. The fraction of sp³-hybridized carbons (Fsp3) is 0.136. The lowest BCUT2D eigenvalue weighted by Crippen LogP contribution is -2.10. The molecule has 0 heterocycles. The molecule has 182 valence electrons. The minimum absolute atomic E-state index is 0.114. The molecule has 0 spiro atoms. The summed E-state index contributed by atoms with van der Waals surface area (Å²) in [5.74, 6) is -1.69. The van der Waals surface area contributed by atoms with Crippen molar-refractivity contribution in [3.8, 4) is 0 Å².